The molecule has 1 aromatic rings. The van der Waals surface area contributed by atoms with Crippen LogP contribution in [0.2, 0.25) is 0 Å². The van der Waals surface area contributed by atoms with Crippen molar-refractivity contribution in [1.82, 2.24) is 4.90 Å². The number of carbonyl (C=O) groups excluding carboxylic acids is 2. The first-order valence-electron chi connectivity index (χ1n) is 6.80. The largest absolute Gasteiger partial charge is 0.480 e. The van der Waals surface area contributed by atoms with Crippen molar-refractivity contribution in [2.75, 3.05) is 12.0 Å². The predicted octanol–water partition coefficient (Wildman–Crippen LogP) is 0.748. The van der Waals surface area contributed by atoms with Crippen molar-refractivity contribution in [2.24, 2.45) is 5.73 Å². The van der Waals surface area contributed by atoms with E-state index in [1.165, 1.54) is 11.8 Å². The Kier molecular flexibility index (Phi) is 7.62. The first-order valence-corrected chi connectivity index (χ1v) is 8.19. The molecule has 0 saturated heterocycles. The molecular weight excluding hydrogens is 304 g/mol. The fourth-order valence-corrected chi connectivity index (χ4v) is 2.47. The van der Waals surface area contributed by atoms with Crippen molar-refractivity contribution in [3.05, 3.63) is 35.9 Å². The van der Waals surface area contributed by atoms with Gasteiger partial charge in [0.15, 0.2) is 0 Å². The normalized spacial score (nSPS) is 13.2. The van der Waals surface area contributed by atoms with Crippen LogP contribution in [0, 0.1) is 0 Å². The maximum atomic E-state index is 12.2. The second-order valence-corrected chi connectivity index (χ2v) is 5.77. The maximum Gasteiger partial charge on any atom is 0.327 e. The molecule has 1 aromatic carbocycles. The molecule has 0 heterocycles. The van der Waals surface area contributed by atoms with Crippen LogP contribution in [0.4, 0.5) is 0 Å². The van der Waals surface area contributed by atoms with Gasteiger partial charge < -0.3 is 10.8 Å². The summed E-state index contributed by atoms with van der Waals surface area (Å²) in [5.41, 5.74) is 6.48. The van der Waals surface area contributed by atoms with Gasteiger partial charge in [0, 0.05) is 6.42 Å². The molecule has 2 unspecified atom stereocenters. The molecule has 0 radical (unpaired) electrons. The van der Waals surface area contributed by atoms with Gasteiger partial charge in [-0.2, -0.15) is 11.8 Å². The lowest BCUT2D eigenvalue weighted by Gasteiger charge is -2.25. The third-order valence-corrected chi connectivity index (χ3v) is 3.85. The van der Waals surface area contributed by atoms with E-state index < -0.39 is 24.0 Å². The number of carbonyl (C=O) groups is 3. The number of benzene rings is 1. The Bertz CT molecular complexity index is 510. The van der Waals surface area contributed by atoms with Gasteiger partial charge in [0.25, 0.3) is 0 Å². The number of rotatable bonds is 9. The summed E-state index contributed by atoms with van der Waals surface area (Å²) >= 11 is 1.53. The number of imide groups is 1. The van der Waals surface area contributed by atoms with Crippen LogP contribution in [0.3, 0.4) is 0 Å². The van der Waals surface area contributed by atoms with Gasteiger partial charge in [-0.15, -0.1) is 0 Å². The van der Waals surface area contributed by atoms with Crippen molar-refractivity contribution in [1.29, 1.82) is 0 Å². The Morgan fingerprint density at radius 3 is 2.50 bits per heavy atom. The van der Waals surface area contributed by atoms with Gasteiger partial charge in [-0.3, -0.25) is 14.5 Å². The van der Waals surface area contributed by atoms with Gasteiger partial charge in [-0.1, -0.05) is 30.3 Å². The van der Waals surface area contributed by atoms with Crippen molar-refractivity contribution >= 4 is 30.0 Å². The topological polar surface area (TPSA) is 101 Å². The van der Waals surface area contributed by atoms with E-state index in [0.717, 1.165) is 5.56 Å². The first-order chi connectivity index (χ1) is 10.5. The van der Waals surface area contributed by atoms with E-state index in [1.54, 1.807) is 30.3 Å². The van der Waals surface area contributed by atoms with Crippen molar-refractivity contribution in [2.45, 2.75) is 24.9 Å². The summed E-state index contributed by atoms with van der Waals surface area (Å²) in [5, 5.41) is 9.35. The number of nitrogens with zero attached hydrogens (tertiary/aromatic N) is 1. The van der Waals surface area contributed by atoms with E-state index in [1.807, 2.05) is 6.26 Å². The maximum absolute atomic E-state index is 12.2. The molecule has 0 aliphatic carbocycles. The highest BCUT2D eigenvalue weighted by molar-refractivity contribution is 7.98. The molecule has 22 heavy (non-hydrogen) atoms. The molecule has 0 aliphatic rings. The smallest absolute Gasteiger partial charge is 0.327 e. The standard InChI is InChI=1S/C15H20N2O4S/c1-22-8-7-12(16)14(19)17(10-18)13(15(20)21)9-11-5-3-2-4-6-11/h2-6,10,12-13H,7-9,16H2,1H3,(H,20,21). The van der Waals surface area contributed by atoms with Gasteiger partial charge in [0.2, 0.25) is 12.3 Å². The summed E-state index contributed by atoms with van der Waals surface area (Å²) < 4.78 is 0. The van der Waals surface area contributed by atoms with E-state index >= 15 is 0 Å². The highest BCUT2D eigenvalue weighted by Crippen LogP contribution is 2.11. The lowest BCUT2D eigenvalue weighted by molar-refractivity contribution is -0.154. The van der Waals surface area contributed by atoms with Gasteiger partial charge in [0.1, 0.15) is 6.04 Å². The molecule has 1 rings (SSSR count). The van der Waals surface area contributed by atoms with Gasteiger partial charge >= 0.3 is 5.97 Å². The van der Waals surface area contributed by atoms with Crippen LogP contribution >= 0.6 is 11.8 Å². The van der Waals surface area contributed by atoms with Crippen LogP contribution in [-0.2, 0) is 20.8 Å². The molecular formula is C15H20N2O4S. The van der Waals surface area contributed by atoms with Crippen LogP contribution in [0.1, 0.15) is 12.0 Å². The second-order valence-electron chi connectivity index (χ2n) is 4.78. The summed E-state index contributed by atoms with van der Waals surface area (Å²) in [5.74, 6) is -1.23. The SMILES string of the molecule is CSCCC(N)C(=O)N(C=O)C(Cc1ccccc1)C(=O)O. The van der Waals surface area contributed by atoms with Crippen molar-refractivity contribution in [3.63, 3.8) is 0 Å². The van der Waals surface area contributed by atoms with E-state index in [4.69, 9.17) is 5.73 Å². The van der Waals surface area contributed by atoms with Crippen LogP contribution < -0.4 is 5.73 Å². The highest BCUT2D eigenvalue weighted by atomic mass is 32.2. The van der Waals surface area contributed by atoms with E-state index in [-0.39, 0.29) is 12.8 Å². The summed E-state index contributed by atoms with van der Waals surface area (Å²) in [4.78, 5) is 35.6. The number of nitrogens with two attached hydrogens (primary N) is 1. The molecule has 2 amide bonds. The number of aliphatic carboxylic acids is 1. The molecule has 0 fully saturated rings. The minimum atomic E-state index is -1.26. The molecule has 6 nitrogen and oxygen atoms in total. The fourth-order valence-electron chi connectivity index (χ4n) is 1.98. The minimum Gasteiger partial charge on any atom is -0.480 e. The minimum absolute atomic E-state index is 0.0515. The number of hydrogen-bond donors (Lipinski definition) is 2. The fraction of sp³-hybridized carbons (Fsp3) is 0.400. The van der Waals surface area contributed by atoms with Crippen LogP contribution in [0.25, 0.3) is 0 Å². The van der Waals surface area contributed by atoms with Crippen molar-refractivity contribution < 1.29 is 19.5 Å². The zero-order valence-corrected chi connectivity index (χ0v) is 13.2. The third-order valence-electron chi connectivity index (χ3n) is 3.21. The Morgan fingerprint density at radius 1 is 1.36 bits per heavy atom. The zero-order valence-electron chi connectivity index (χ0n) is 12.3. The monoisotopic (exact) mass is 324 g/mol. The summed E-state index contributed by atoms with van der Waals surface area (Å²) in [7, 11) is 0. The van der Waals surface area contributed by atoms with E-state index in [9.17, 15) is 19.5 Å². The Morgan fingerprint density at radius 2 is 2.00 bits per heavy atom. The number of carboxylic acids is 1. The van der Waals surface area contributed by atoms with Gasteiger partial charge in [0.05, 0.1) is 6.04 Å². The highest BCUT2D eigenvalue weighted by Gasteiger charge is 2.32. The van der Waals surface area contributed by atoms with Crippen molar-refractivity contribution in [3.8, 4) is 0 Å². The lowest BCUT2D eigenvalue weighted by Crippen LogP contribution is -2.51. The average Bonchev–Trinajstić information content (AvgIpc) is 2.52. The number of hydrogen-bond acceptors (Lipinski definition) is 5. The lowest BCUT2D eigenvalue weighted by atomic mass is 10.0. The molecule has 3 N–H and O–H groups in total. The Balaban J connectivity index is 2.88. The molecule has 120 valence electrons. The zero-order chi connectivity index (χ0) is 16.5. The third kappa shape index (κ3) is 5.16. The predicted molar refractivity (Wildman–Crippen MR) is 85.5 cm³/mol. The molecule has 0 bridgehead atoms. The summed E-state index contributed by atoms with van der Waals surface area (Å²) in [6.07, 6.45) is 2.57. The summed E-state index contributed by atoms with van der Waals surface area (Å²) in [6, 6.07) is 6.70. The average molecular weight is 324 g/mol. The van der Waals surface area contributed by atoms with E-state index in [0.29, 0.717) is 17.1 Å². The molecule has 0 saturated carbocycles. The Hall–Kier alpha value is -1.86. The molecule has 7 heteroatoms. The van der Waals surface area contributed by atoms with Crippen LogP contribution in [0.5, 0.6) is 0 Å². The molecule has 0 spiro atoms. The van der Waals surface area contributed by atoms with E-state index in [2.05, 4.69) is 0 Å². The summed E-state index contributed by atoms with van der Waals surface area (Å²) in [6.45, 7) is 0. The van der Waals surface area contributed by atoms with Crippen LogP contribution in [-0.4, -0.2) is 52.4 Å². The quantitative estimate of drug-likeness (QED) is 0.650. The number of thioether (sulfide) groups is 1. The van der Waals surface area contributed by atoms with Crippen LogP contribution in [0.15, 0.2) is 30.3 Å². The number of amides is 2. The first kappa shape index (κ1) is 18.2. The second kappa shape index (κ2) is 9.22. The Labute approximate surface area is 133 Å². The molecule has 0 aromatic heterocycles. The molecule has 2 atom stereocenters. The number of carboxylic acid groups (broad SMARTS) is 1. The molecule has 0 aliphatic heterocycles. The van der Waals surface area contributed by atoms with Gasteiger partial charge in [-0.25, -0.2) is 4.79 Å². The van der Waals surface area contributed by atoms with Gasteiger partial charge in [-0.05, 0) is 24.0 Å².